The van der Waals surface area contributed by atoms with Gasteiger partial charge >= 0.3 is 5.97 Å². The Morgan fingerprint density at radius 3 is 3.08 bits per heavy atom. The normalized spacial score (nSPS) is 22.8. The van der Waals surface area contributed by atoms with Gasteiger partial charge in [0.2, 0.25) is 0 Å². The molecule has 0 bridgehead atoms. The predicted octanol–water partition coefficient (Wildman–Crippen LogP) is 0.697. The third-order valence-electron chi connectivity index (χ3n) is 2.37. The smallest absolute Gasteiger partial charge is 0.303 e. The molecule has 0 aromatic rings. The van der Waals surface area contributed by atoms with Crippen LogP contribution in [0.15, 0.2) is 0 Å². The highest BCUT2D eigenvalue weighted by Gasteiger charge is 2.23. The van der Waals surface area contributed by atoms with E-state index in [9.17, 15) is 4.79 Å². The summed E-state index contributed by atoms with van der Waals surface area (Å²) in [7, 11) is 0. The number of nitrogens with zero attached hydrogens (tertiary/aromatic N) is 2. The quantitative estimate of drug-likeness (QED) is 0.695. The molecule has 1 heterocycles. The van der Waals surface area contributed by atoms with Gasteiger partial charge in [0.05, 0.1) is 6.07 Å². The molecule has 1 atom stereocenters. The summed E-state index contributed by atoms with van der Waals surface area (Å²) in [5.74, 6) is -0.427. The Bertz CT molecular complexity index is 222. The molecule has 1 aliphatic heterocycles. The van der Waals surface area contributed by atoms with Crippen LogP contribution in [0, 0.1) is 17.2 Å². The van der Waals surface area contributed by atoms with Crippen molar-refractivity contribution in [1.82, 2.24) is 4.90 Å². The highest BCUT2D eigenvalue weighted by atomic mass is 16.4. The molecule has 1 saturated heterocycles. The van der Waals surface area contributed by atoms with Crippen molar-refractivity contribution in [2.75, 3.05) is 19.6 Å². The van der Waals surface area contributed by atoms with Crippen molar-refractivity contribution in [2.45, 2.75) is 19.3 Å². The SMILES string of the molecule is N#CCCN1CCC(CC(=O)O)C1. The Kier molecular flexibility index (Phi) is 3.71. The van der Waals surface area contributed by atoms with E-state index < -0.39 is 5.97 Å². The molecule has 72 valence electrons. The molecule has 1 aliphatic rings. The molecular weight excluding hydrogens is 168 g/mol. The first-order valence-electron chi connectivity index (χ1n) is 4.53. The van der Waals surface area contributed by atoms with Crippen LogP contribution in [0.25, 0.3) is 0 Å². The number of hydrogen-bond donors (Lipinski definition) is 1. The van der Waals surface area contributed by atoms with E-state index in [0.717, 1.165) is 26.1 Å². The lowest BCUT2D eigenvalue weighted by Crippen LogP contribution is -2.22. The first-order chi connectivity index (χ1) is 6.22. The maximum absolute atomic E-state index is 10.4. The number of hydrogen-bond acceptors (Lipinski definition) is 3. The van der Waals surface area contributed by atoms with Crippen LogP contribution >= 0.6 is 0 Å². The Balaban J connectivity index is 2.20. The van der Waals surface area contributed by atoms with Crippen molar-refractivity contribution < 1.29 is 9.90 Å². The molecule has 0 aliphatic carbocycles. The van der Waals surface area contributed by atoms with Crippen molar-refractivity contribution in [3.05, 3.63) is 0 Å². The van der Waals surface area contributed by atoms with Crippen molar-refractivity contribution in [2.24, 2.45) is 5.92 Å². The maximum Gasteiger partial charge on any atom is 0.303 e. The molecule has 1 rings (SSSR count). The maximum atomic E-state index is 10.4. The second kappa shape index (κ2) is 4.83. The summed E-state index contributed by atoms with van der Waals surface area (Å²) in [5, 5.41) is 16.9. The van der Waals surface area contributed by atoms with E-state index in [0.29, 0.717) is 6.42 Å². The molecule has 1 fully saturated rings. The molecule has 13 heavy (non-hydrogen) atoms. The number of carboxylic acid groups (broad SMARTS) is 1. The fourth-order valence-electron chi connectivity index (χ4n) is 1.74. The van der Waals surface area contributed by atoms with Crippen molar-refractivity contribution in [3.63, 3.8) is 0 Å². The number of nitriles is 1. The Labute approximate surface area is 77.8 Å². The third-order valence-corrected chi connectivity index (χ3v) is 2.37. The van der Waals surface area contributed by atoms with Gasteiger partial charge in [0, 0.05) is 25.9 Å². The molecule has 1 unspecified atom stereocenters. The van der Waals surface area contributed by atoms with E-state index in [2.05, 4.69) is 11.0 Å². The molecule has 0 saturated carbocycles. The zero-order valence-corrected chi connectivity index (χ0v) is 7.57. The van der Waals surface area contributed by atoms with E-state index in [1.54, 1.807) is 0 Å². The number of rotatable bonds is 4. The molecule has 0 aromatic carbocycles. The van der Waals surface area contributed by atoms with E-state index >= 15 is 0 Å². The highest BCUT2D eigenvalue weighted by Crippen LogP contribution is 2.19. The minimum Gasteiger partial charge on any atom is -0.481 e. The standard InChI is InChI=1S/C9H14N2O2/c10-3-1-4-11-5-2-8(7-11)6-9(12)13/h8H,1-2,4-7H2,(H,12,13). The number of carbonyl (C=O) groups is 1. The Morgan fingerprint density at radius 1 is 1.69 bits per heavy atom. The van der Waals surface area contributed by atoms with Crippen LogP contribution in [0.4, 0.5) is 0 Å². The van der Waals surface area contributed by atoms with Crippen LogP contribution in [-0.2, 0) is 4.79 Å². The van der Waals surface area contributed by atoms with Crippen LogP contribution in [-0.4, -0.2) is 35.6 Å². The van der Waals surface area contributed by atoms with Crippen LogP contribution in [0.1, 0.15) is 19.3 Å². The summed E-state index contributed by atoms with van der Waals surface area (Å²) in [5.41, 5.74) is 0. The van der Waals surface area contributed by atoms with E-state index in [1.165, 1.54) is 0 Å². The lowest BCUT2D eigenvalue weighted by molar-refractivity contribution is -0.138. The summed E-state index contributed by atoms with van der Waals surface area (Å²) >= 11 is 0. The first kappa shape index (κ1) is 10.0. The zero-order valence-electron chi connectivity index (χ0n) is 7.57. The van der Waals surface area contributed by atoms with Gasteiger partial charge in [-0.25, -0.2) is 0 Å². The van der Waals surface area contributed by atoms with Crippen LogP contribution in [0.2, 0.25) is 0 Å². The number of aliphatic carboxylic acids is 1. The van der Waals surface area contributed by atoms with Crippen molar-refractivity contribution in [1.29, 1.82) is 5.26 Å². The second-order valence-corrected chi connectivity index (χ2v) is 3.46. The summed E-state index contributed by atoms with van der Waals surface area (Å²) < 4.78 is 0. The van der Waals surface area contributed by atoms with Gasteiger partial charge in [-0.2, -0.15) is 5.26 Å². The second-order valence-electron chi connectivity index (χ2n) is 3.46. The topological polar surface area (TPSA) is 64.3 Å². The zero-order chi connectivity index (χ0) is 9.68. The molecule has 0 aromatic heterocycles. The molecule has 4 heteroatoms. The third kappa shape index (κ3) is 3.43. The largest absolute Gasteiger partial charge is 0.481 e. The van der Waals surface area contributed by atoms with Gasteiger partial charge in [0.1, 0.15) is 0 Å². The first-order valence-corrected chi connectivity index (χ1v) is 4.53. The van der Waals surface area contributed by atoms with Crippen LogP contribution in [0.3, 0.4) is 0 Å². The number of carboxylic acids is 1. The van der Waals surface area contributed by atoms with Gasteiger partial charge in [-0.05, 0) is 18.9 Å². The van der Waals surface area contributed by atoms with Gasteiger partial charge in [0.25, 0.3) is 0 Å². The molecule has 4 nitrogen and oxygen atoms in total. The molecule has 0 radical (unpaired) electrons. The summed E-state index contributed by atoms with van der Waals surface area (Å²) in [6.07, 6.45) is 1.76. The highest BCUT2D eigenvalue weighted by molar-refractivity contribution is 5.67. The van der Waals surface area contributed by atoms with E-state index in [1.807, 2.05) is 0 Å². The summed E-state index contributed by atoms with van der Waals surface area (Å²) in [6.45, 7) is 2.57. The summed E-state index contributed by atoms with van der Waals surface area (Å²) in [4.78, 5) is 12.6. The average molecular weight is 182 g/mol. The molecule has 1 N–H and O–H groups in total. The Hall–Kier alpha value is -1.08. The van der Waals surface area contributed by atoms with Gasteiger partial charge < -0.3 is 10.0 Å². The predicted molar refractivity (Wildman–Crippen MR) is 47.0 cm³/mol. The van der Waals surface area contributed by atoms with Crippen LogP contribution in [0.5, 0.6) is 0 Å². The fraction of sp³-hybridized carbons (Fsp3) is 0.778. The van der Waals surface area contributed by atoms with Crippen molar-refractivity contribution in [3.8, 4) is 6.07 Å². The monoisotopic (exact) mass is 182 g/mol. The van der Waals surface area contributed by atoms with Gasteiger partial charge in [0.15, 0.2) is 0 Å². The van der Waals surface area contributed by atoms with Gasteiger partial charge in [-0.1, -0.05) is 0 Å². The minimum absolute atomic E-state index is 0.267. The van der Waals surface area contributed by atoms with E-state index in [-0.39, 0.29) is 12.3 Å². The Morgan fingerprint density at radius 2 is 2.46 bits per heavy atom. The lowest BCUT2D eigenvalue weighted by Gasteiger charge is -2.12. The van der Waals surface area contributed by atoms with Gasteiger partial charge in [-0.15, -0.1) is 0 Å². The van der Waals surface area contributed by atoms with E-state index in [4.69, 9.17) is 10.4 Å². The van der Waals surface area contributed by atoms with Crippen molar-refractivity contribution >= 4 is 5.97 Å². The molecule has 0 spiro atoms. The molecule has 0 amide bonds. The summed E-state index contributed by atoms with van der Waals surface area (Å²) in [6, 6.07) is 2.09. The van der Waals surface area contributed by atoms with Gasteiger partial charge in [-0.3, -0.25) is 4.79 Å². The molecular formula is C9H14N2O2. The minimum atomic E-state index is -0.716. The fourth-order valence-corrected chi connectivity index (χ4v) is 1.74. The average Bonchev–Trinajstić information content (AvgIpc) is 2.48. The van der Waals surface area contributed by atoms with Crippen LogP contribution < -0.4 is 0 Å². The lowest BCUT2D eigenvalue weighted by atomic mass is 10.1. The number of likely N-dealkylation sites (tertiary alicyclic amines) is 1.